The van der Waals surface area contributed by atoms with Gasteiger partial charge in [0.1, 0.15) is 5.82 Å². The van der Waals surface area contributed by atoms with Gasteiger partial charge in [-0.15, -0.1) is 0 Å². The van der Waals surface area contributed by atoms with Gasteiger partial charge in [0.05, 0.1) is 177 Å². The highest BCUT2D eigenvalue weighted by molar-refractivity contribution is 6.18. The van der Waals surface area contributed by atoms with Gasteiger partial charge in [-0.1, -0.05) is 249 Å². The molecule has 654 valence electrons. The second kappa shape index (κ2) is 34.3. The van der Waals surface area contributed by atoms with Crippen molar-refractivity contribution in [2.24, 2.45) is 0 Å². The van der Waals surface area contributed by atoms with Crippen LogP contribution in [0.2, 0.25) is 0 Å². The quantitative estimate of drug-likeness (QED) is 0.0928. The Kier molecular flexibility index (Phi) is 20.4. The van der Waals surface area contributed by atoms with Crippen molar-refractivity contribution < 1.29 is 0 Å². The fourth-order valence-corrected chi connectivity index (χ4v) is 21.1. The lowest BCUT2D eigenvalue weighted by atomic mass is 9.89. The molecule has 6 aromatic heterocycles. The van der Waals surface area contributed by atoms with E-state index in [9.17, 15) is 42.1 Å². The van der Waals surface area contributed by atoms with E-state index in [4.69, 9.17) is 19.9 Å². The number of para-hydroxylation sites is 1. The average Bonchev–Trinajstić information content (AvgIpc) is 1.55. The van der Waals surface area contributed by atoms with Gasteiger partial charge in [0, 0.05) is 76.6 Å². The van der Waals surface area contributed by atoms with Crippen molar-refractivity contribution in [2.45, 2.75) is 13.8 Å². The van der Waals surface area contributed by atoms with E-state index in [0.29, 0.717) is 135 Å². The summed E-state index contributed by atoms with van der Waals surface area (Å²) in [5, 5.41) is 96.4. The summed E-state index contributed by atoms with van der Waals surface area (Å²) in [6.07, 6.45) is 0. The number of aromatic nitrogens is 8. The lowest BCUT2D eigenvalue weighted by molar-refractivity contribution is 1.01. The van der Waals surface area contributed by atoms with Crippen molar-refractivity contribution in [3.05, 3.63) is 444 Å². The second-order valence-electron chi connectivity index (χ2n) is 35.2. The van der Waals surface area contributed by atoms with E-state index in [1.165, 1.54) is 0 Å². The minimum atomic E-state index is 0.298. The molecule has 16 nitrogen and oxygen atoms in total. The summed E-state index contributed by atoms with van der Waals surface area (Å²) in [4.78, 5) is 21.4. The number of aryl methyl sites for hydroxylation is 2. The first-order valence-corrected chi connectivity index (χ1v) is 46.2. The smallest absolute Gasteiger partial charge is 0.160 e. The molecule has 0 saturated carbocycles. The van der Waals surface area contributed by atoms with Gasteiger partial charge < -0.3 is 18.3 Å². The fraction of sp³-hybridized carbons (Fsp3) is 0.0159. The first-order valence-electron chi connectivity index (χ1n) is 46.2. The molecule has 24 rings (SSSR count). The Hall–Kier alpha value is -20.8. The SMILES string of the molecule is Cc1cc(-c2c(-n3c4cc(-c5ccccc5C#N)ccc4c4ccc(-c5ccccc5C#N)cc43)cc(C#N)cc2-n2c3cc(-c4ccccc4C#N)ccc3c3ccc(-c4c(C#N)cccc4-c4ccc5c(c4)c4cc(-c6ccccc6C#N)ccc4n5-c4cc(C#N)cc(-n5c6ccccc6c6cc(-c7ccccc7C#N)ccc65)c4-c4cc(-c5ccccc5)nc(-c5ccccc5)n4)cc32)nc(C)n1. The molecule has 0 atom stereocenters. The molecule has 16 heteroatoms. The molecule has 142 heavy (non-hydrogen) atoms. The Balaban J connectivity index is 0.778. The topological polar surface area (TPSA) is 262 Å². The maximum atomic E-state index is 12.0. The third-order valence-electron chi connectivity index (χ3n) is 27.3. The van der Waals surface area contributed by atoms with Gasteiger partial charge in [0.15, 0.2) is 5.82 Å². The summed E-state index contributed by atoms with van der Waals surface area (Å²) >= 11 is 0. The van der Waals surface area contributed by atoms with Crippen molar-refractivity contribution in [3.8, 4) is 194 Å². The van der Waals surface area contributed by atoms with Gasteiger partial charge in [-0.2, -0.15) is 42.1 Å². The summed E-state index contributed by atoms with van der Waals surface area (Å²) in [5.41, 5.74) is 27.7. The number of nitrogens with zero attached hydrogens (tertiary/aromatic N) is 16. The van der Waals surface area contributed by atoms with E-state index in [2.05, 4.69) is 182 Å². The third-order valence-corrected chi connectivity index (χ3v) is 27.3. The minimum absolute atomic E-state index is 0.298. The van der Waals surface area contributed by atoms with Crippen LogP contribution < -0.4 is 0 Å². The number of hydrogen-bond acceptors (Lipinski definition) is 12. The molecule has 0 saturated heterocycles. The molecule has 0 aliphatic carbocycles. The van der Waals surface area contributed by atoms with Crippen molar-refractivity contribution in [1.29, 1.82) is 42.1 Å². The maximum absolute atomic E-state index is 12.0. The summed E-state index contributed by atoms with van der Waals surface area (Å²) < 4.78 is 8.82. The largest absolute Gasteiger partial charge is 0.308 e. The zero-order valence-electron chi connectivity index (χ0n) is 76.1. The molecule has 0 fully saturated rings. The number of fused-ring (bicyclic) bond motifs is 12. The van der Waals surface area contributed by atoms with Crippen LogP contribution in [0.4, 0.5) is 0 Å². The number of benzene rings is 18. The fourth-order valence-electron chi connectivity index (χ4n) is 21.1. The number of rotatable bonds is 15. The second-order valence-corrected chi connectivity index (χ2v) is 35.2. The first-order chi connectivity index (χ1) is 69.9. The molecule has 6 heterocycles. The summed E-state index contributed by atoms with van der Waals surface area (Å²) in [6, 6.07) is 148. The van der Waals surface area contributed by atoms with Crippen LogP contribution in [0.25, 0.3) is 233 Å². The number of nitriles is 8. The number of hydrogen-bond donors (Lipinski definition) is 0. The van der Waals surface area contributed by atoms with Gasteiger partial charge in [0.25, 0.3) is 0 Å². The monoisotopic (exact) mass is 1810 g/mol. The summed E-state index contributed by atoms with van der Waals surface area (Å²) in [6.45, 7) is 3.80. The standard InChI is InChI=1S/C126H70N16/c1-75-54-109(136-76(2)135-75)124-121(141-115-62-84(96-34-16-11-28-90(96)71-131)40-47-101(115)102-48-41-85(63-116(102)141)97-35-17-12-29-91(97)72-132)57-78(68-128)58-122(124)142-117-64-86(98-36-18-13-30-92(98)73-133)42-49-103(117)104-50-43-87(65-118(104)142)123-93(74-134)31-21-38-99(123)83-46-53-114-107(61-83)106-60-82(95-33-15-10-27-89(95)70-130)45-52-113(106)140(114)120-56-77(67-127)55-119(125(120)110-66-108(79-22-5-3-6-23-79)137-126(138-110)80-24-7-4-8-25-80)139-111-39-20-19-37-100(111)105-59-81(44-51-112(105)139)94-32-14-9-26-88(94)69-129/h3-66H,1-2H3. The summed E-state index contributed by atoms with van der Waals surface area (Å²) in [5.74, 6) is 0.965. The highest BCUT2D eigenvalue weighted by Crippen LogP contribution is 2.51. The minimum Gasteiger partial charge on any atom is -0.308 e. The van der Waals surface area contributed by atoms with E-state index in [-0.39, 0.29) is 0 Å². The Labute approximate surface area is 814 Å². The van der Waals surface area contributed by atoms with Crippen molar-refractivity contribution in [3.63, 3.8) is 0 Å². The Morgan fingerprint density at radius 2 is 0.493 bits per heavy atom. The Morgan fingerprint density at radius 1 is 0.190 bits per heavy atom. The van der Waals surface area contributed by atoms with Crippen LogP contribution in [-0.2, 0) is 0 Å². The van der Waals surface area contributed by atoms with Crippen LogP contribution in [0, 0.1) is 104 Å². The molecular formula is C126H70N16. The molecule has 0 bridgehead atoms. The van der Waals surface area contributed by atoms with Gasteiger partial charge >= 0.3 is 0 Å². The lowest BCUT2D eigenvalue weighted by Crippen LogP contribution is -2.07. The summed E-state index contributed by atoms with van der Waals surface area (Å²) in [7, 11) is 0. The van der Waals surface area contributed by atoms with Crippen molar-refractivity contribution in [1.82, 2.24) is 38.2 Å². The lowest BCUT2D eigenvalue weighted by Gasteiger charge is -2.21. The highest BCUT2D eigenvalue weighted by atomic mass is 15.1. The molecule has 0 spiro atoms. The predicted octanol–water partition coefficient (Wildman–Crippen LogP) is 29.6. The van der Waals surface area contributed by atoms with Crippen LogP contribution in [0.5, 0.6) is 0 Å². The third kappa shape index (κ3) is 13.9. The van der Waals surface area contributed by atoms with Gasteiger partial charge in [-0.25, -0.2) is 19.9 Å². The van der Waals surface area contributed by atoms with Gasteiger partial charge in [0.2, 0.25) is 0 Å². The highest BCUT2D eigenvalue weighted by Gasteiger charge is 2.32. The normalized spacial score (nSPS) is 11.3. The van der Waals surface area contributed by atoms with Gasteiger partial charge in [-0.3, -0.25) is 0 Å². The molecule has 0 aliphatic rings. The zero-order valence-corrected chi connectivity index (χ0v) is 76.1. The maximum Gasteiger partial charge on any atom is 0.160 e. The van der Waals surface area contributed by atoms with Crippen LogP contribution in [0.1, 0.15) is 56.0 Å². The molecule has 0 aliphatic heterocycles. The molecular weight excluding hydrogens is 1740 g/mol. The van der Waals surface area contributed by atoms with Crippen molar-refractivity contribution >= 4 is 87.2 Å². The van der Waals surface area contributed by atoms with E-state index in [1.54, 1.807) is 0 Å². The van der Waals surface area contributed by atoms with Crippen LogP contribution in [-0.4, -0.2) is 38.2 Å². The zero-order chi connectivity index (χ0) is 96.1. The molecule has 0 unspecified atom stereocenters. The first kappa shape index (κ1) is 84.3. The molecule has 0 amide bonds. The van der Waals surface area contributed by atoms with E-state index in [0.717, 1.165) is 154 Å². The molecule has 24 aromatic rings. The van der Waals surface area contributed by atoms with E-state index >= 15 is 0 Å². The Morgan fingerprint density at radius 3 is 0.901 bits per heavy atom. The molecule has 0 radical (unpaired) electrons. The average molecular weight is 1810 g/mol. The van der Waals surface area contributed by atoms with Crippen LogP contribution >= 0.6 is 0 Å². The Bertz CT molecular complexity index is 9770. The molecule has 0 N–H and O–H groups in total. The van der Waals surface area contributed by atoms with E-state index in [1.807, 2.05) is 287 Å². The van der Waals surface area contributed by atoms with E-state index < -0.39 is 0 Å². The van der Waals surface area contributed by atoms with Gasteiger partial charge in [-0.05, 0) is 226 Å². The molecule has 18 aromatic carbocycles. The van der Waals surface area contributed by atoms with Crippen LogP contribution in [0.3, 0.4) is 0 Å². The van der Waals surface area contributed by atoms with Crippen molar-refractivity contribution in [2.75, 3.05) is 0 Å². The predicted molar refractivity (Wildman–Crippen MR) is 562 cm³/mol. The van der Waals surface area contributed by atoms with Crippen LogP contribution in [0.15, 0.2) is 388 Å².